The first-order valence-corrected chi connectivity index (χ1v) is 11.0. The van der Waals surface area contributed by atoms with Gasteiger partial charge in [0.05, 0.1) is 6.10 Å². The fourth-order valence-electron chi connectivity index (χ4n) is 4.65. The Labute approximate surface area is 170 Å². The molecule has 2 atom stereocenters. The fourth-order valence-corrected chi connectivity index (χ4v) is 4.65. The highest BCUT2D eigenvalue weighted by Crippen LogP contribution is 2.40. The van der Waals surface area contributed by atoms with Gasteiger partial charge in [0, 0.05) is 45.9 Å². The van der Waals surface area contributed by atoms with E-state index in [9.17, 15) is 0 Å². The van der Waals surface area contributed by atoms with Gasteiger partial charge in [-0.25, -0.2) is 0 Å². The van der Waals surface area contributed by atoms with Gasteiger partial charge in [0.2, 0.25) is 0 Å². The molecule has 1 aromatic rings. The summed E-state index contributed by atoms with van der Waals surface area (Å²) in [7, 11) is 1.86. The molecule has 0 spiro atoms. The van der Waals surface area contributed by atoms with Gasteiger partial charge in [-0.05, 0) is 43.6 Å². The zero-order chi connectivity index (χ0) is 19.7. The first-order chi connectivity index (χ1) is 13.8. The third kappa shape index (κ3) is 5.71. The summed E-state index contributed by atoms with van der Waals surface area (Å²) in [5.74, 6) is 1.38. The van der Waals surface area contributed by atoms with Crippen LogP contribution in [0.25, 0.3) is 0 Å². The number of hydrogen-bond donors (Lipinski definition) is 2. The molecule has 5 nitrogen and oxygen atoms in total. The molecule has 2 aliphatic rings. The lowest BCUT2D eigenvalue weighted by molar-refractivity contribution is 0.0914. The number of nitrogens with zero attached hydrogens (tertiary/aromatic N) is 1. The van der Waals surface area contributed by atoms with Crippen LogP contribution >= 0.6 is 0 Å². The molecule has 0 aromatic heterocycles. The van der Waals surface area contributed by atoms with E-state index >= 15 is 0 Å². The second-order valence-electron chi connectivity index (χ2n) is 8.21. The van der Waals surface area contributed by atoms with Gasteiger partial charge in [-0.1, -0.05) is 43.2 Å². The van der Waals surface area contributed by atoms with Crippen molar-refractivity contribution in [2.24, 2.45) is 16.3 Å². The van der Waals surface area contributed by atoms with E-state index in [2.05, 4.69) is 52.9 Å². The molecule has 156 valence electrons. The molecule has 1 aromatic carbocycles. The van der Waals surface area contributed by atoms with Crippen molar-refractivity contribution in [2.75, 3.05) is 40.0 Å². The molecular weight excluding hydrogens is 350 g/mol. The molecule has 28 heavy (non-hydrogen) atoms. The van der Waals surface area contributed by atoms with Crippen LogP contribution in [0.2, 0.25) is 0 Å². The van der Waals surface area contributed by atoms with Gasteiger partial charge in [-0.15, -0.1) is 0 Å². The number of benzene rings is 1. The highest BCUT2D eigenvalue weighted by Gasteiger charge is 2.34. The first-order valence-electron chi connectivity index (χ1n) is 11.0. The summed E-state index contributed by atoms with van der Waals surface area (Å²) < 4.78 is 11.7. The zero-order valence-electron chi connectivity index (χ0n) is 17.6. The third-order valence-electron chi connectivity index (χ3n) is 6.37. The molecule has 5 heteroatoms. The van der Waals surface area contributed by atoms with Crippen LogP contribution in [0.3, 0.4) is 0 Å². The van der Waals surface area contributed by atoms with Crippen molar-refractivity contribution >= 4 is 5.96 Å². The molecule has 1 aliphatic carbocycles. The molecule has 0 amide bonds. The standard InChI is InChI=1S/C23H37N3O2/c1-3-27-16-14-23(12-7-8-13-23)18-26-22(24-2)25-17-20-11-15-28-21(20)19-9-5-4-6-10-19/h4-6,9-10,20-21H,3,7-8,11-18H2,1-2H3,(H2,24,25,26). The van der Waals surface area contributed by atoms with E-state index < -0.39 is 0 Å². The van der Waals surface area contributed by atoms with Crippen LogP contribution in [0.5, 0.6) is 0 Å². The number of hydrogen-bond acceptors (Lipinski definition) is 3. The molecule has 1 heterocycles. The minimum absolute atomic E-state index is 0.180. The van der Waals surface area contributed by atoms with Crippen LogP contribution in [-0.2, 0) is 9.47 Å². The average molecular weight is 388 g/mol. The lowest BCUT2D eigenvalue weighted by atomic mass is 9.83. The first kappa shape index (κ1) is 21.1. The molecule has 1 saturated heterocycles. The predicted molar refractivity (Wildman–Crippen MR) is 115 cm³/mol. The van der Waals surface area contributed by atoms with Gasteiger partial charge < -0.3 is 20.1 Å². The molecule has 0 radical (unpaired) electrons. The third-order valence-corrected chi connectivity index (χ3v) is 6.37. The fraction of sp³-hybridized carbons (Fsp3) is 0.696. The van der Waals surface area contributed by atoms with Crippen LogP contribution in [-0.4, -0.2) is 45.9 Å². The molecule has 2 unspecified atom stereocenters. The van der Waals surface area contributed by atoms with Crippen LogP contribution < -0.4 is 10.6 Å². The summed E-state index contributed by atoms with van der Waals surface area (Å²) in [5, 5.41) is 7.15. The smallest absolute Gasteiger partial charge is 0.191 e. The van der Waals surface area contributed by atoms with Crippen molar-refractivity contribution in [1.29, 1.82) is 0 Å². The minimum Gasteiger partial charge on any atom is -0.382 e. The number of aliphatic imine (C=N–C) groups is 1. The Morgan fingerprint density at radius 1 is 1.21 bits per heavy atom. The van der Waals surface area contributed by atoms with Crippen LogP contribution in [0.15, 0.2) is 35.3 Å². The van der Waals surface area contributed by atoms with E-state index in [-0.39, 0.29) is 6.10 Å². The van der Waals surface area contributed by atoms with Gasteiger partial charge in [0.1, 0.15) is 0 Å². The van der Waals surface area contributed by atoms with E-state index in [0.29, 0.717) is 11.3 Å². The van der Waals surface area contributed by atoms with Crippen molar-refractivity contribution in [3.8, 4) is 0 Å². The zero-order valence-corrected chi connectivity index (χ0v) is 17.6. The van der Waals surface area contributed by atoms with Gasteiger partial charge in [0.25, 0.3) is 0 Å². The maximum absolute atomic E-state index is 6.02. The summed E-state index contributed by atoms with van der Waals surface area (Å²) in [6, 6.07) is 10.6. The summed E-state index contributed by atoms with van der Waals surface area (Å²) in [6.45, 7) is 6.43. The Morgan fingerprint density at radius 3 is 2.71 bits per heavy atom. The summed E-state index contributed by atoms with van der Waals surface area (Å²) in [6.07, 6.45) is 7.64. The monoisotopic (exact) mass is 387 g/mol. The Hall–Kier alpha value is -1.59. The van der Waals surface area contributed by atoms with Crippen molar-refractivity contribution in [2.45, 2.75) is 51.6 Å². The van der Waals surface area contributed by atoms with Gasteiger partial charge in [-0.2, -0.15) is 0 Å². The van der Waals surface area contributed by atoms with Crippen molar-refractivity contribution in [3.05, 3.63) is 35.9 Å². The SMILES string of the molecule is CCOCCC1(CNC(=NC)NCC2CCOC2c2ccccc2)CCCC1. The molecular formula is C23H37N3O2. The normalized spacial score (nSPS) is 24.4. The Kier molecular flexibility index (Phi) is 8.16. The lowest BCUT2D eigenvalue weighted by Crippen LogP contribution is -2.45. The Bertz CT molecular complexity index is 599. The molecule has 3 rings (SSSR count). The molecule has 1 aliphatic heterocycles. The topological polar surface area (TPSA) is 54.9 Å². The van der Waals surface area contributed by atoms with E-state index in [4.69, 9.17) is 9.47 Å². The summed E-state index contributed by atoms with van der Waals surface area (Å²) >= 11 is 0. The van der Waals surface area contributed by atoms with E-state index in [1.165, 1.54) is 31.2 Å². The van der Waals surface area contributed by atoms with E-state index in [1.54, 1.807) is 0 Å². The molecule has 0 bridgehead atoms. The number of guanidine groups is 1. The van der Waals surface area contributed by atoms with Crippen molar-refractivity contribution < 1.29 is 9.47 Å². The summed E-state index contributed by atoms with van der Waals surface area (Å²) in [4.78, 5) is 4.46. The number of ether oxygens (including phenoxy) is 2. The van der Waals surface area contributed by atoms with Crippen molar-refractivity contribution in [1.82, 2.24) is 10.6 Å². The minimum atomic E-state index is 0.180. The second kappa shape index (κ2) is 10.8. The van der Waals surface area contributed by atoms with E-state index in [0.717, 1.165) is 51.7 Å². The lowest BCUT2D eigenvalue weighted by Gasteiger charge is -2.30. The highest BCUT2D eigenvalue weighted by molar-refractivity contribution is 5.79. The molecule has 1 saturated carbocycles. The van der Waals surface area contributed by atoms with Gasteiger partial charge in [-0.3, -0.25) is 4.99 Å². The Morgan fingerprint density at radius 2 is 2.00 bits per heavy atom. The molecule has 2 fully saturated rings. The van der Waals surface area contributed by atoms with E-state index in [1.807, 2.05) is 7.05 Å². The summed E-state index contributed by atoms with van der Waals surface area (Å²) in [5.41, 5.74) is 1.63. The maximum atomic E-state index is 6.02. The number of rotatable bonds is 9. The van der Waals surface area contributed by atoms with Crippen LogP contribution in [0.4, 0.5) is 0 Å². The predicted octanol–water partition coefficient (Wildman–Crippen LogP) is 3.92. The second-order valence-corrected chi connectivity index (χ2v) is 8.21. The highest BCUT2D eigenvalue weighted by atomic mass is 16.5. The van der Waals surface area contributed by atoms with Gasteiger partial charge >= 0.3 is 0 Å². The number of nitrogens with one attached hydrogen (secondary N) is 2. The molecule has 2 N–H and O–H groups in total. The van der Waals surface area contributed by atoms with Crippen molar-refractivity contribution in [3.63, 3.8) is 0 Å². The van der Waals surface area contributed by atoms with Crippen LogP contribution in [0.1, 0.15) is 57.1 Å². The quantitative estimate of drug-likeness (QED) is 0.383. The Balaban J connectivity index is 1.49. The maximum Gasteiger partial charge on any atom is 0.191 e. The van der Waals surface area contributed by atoms with Gasteiger partial charge in [0.15, 0.2) is 5.96 Å². The van der Waals surface area contributed by atoms with Crippen LogP contribution in [0, 0.1) is 11.3 Å². The average Bonchev–Trinajstić information content (AvgIpc) is 3.39. The largest absolute Gasteiger partial charge is 0.382 e.